The third-order valence-electron chi connectivity index (χ3n) is 5.68. The fraction of sp³-hybridized carbons (Fsp3) is 0.455. The largest absolute Gasteiger partial charge is 0.378 e. The number of rotatable bonds is 3. The molecule has 2 aliphatic rings. The van der Waals surface area contributed by atoms with Crippen LogP contribution in [-0.2, 0) is 26.4 Å². The number of amides is 1. The Bertz CT molecular complexity index is 1150. The quantitative estimate of drug-likeness (QED) is 0.693. The number of para-hydroxylation sites is 1. The standard InChI is InChI=1S/C22H26N6O3/c1-14(29)23-16-7-5-4-6-15(16)18-25-19(27-8-11-30-12-9-27)17-20(26-18)28-10-13-31-22(2,3)21(28)24-17/h4-7H,8-13H2,1-3H3,(H,23,29). The van der Waals surface area contributed by atoms with Crippen LogP contribution in [0.25, 0.3) is 22.6 Å². The zero-order chi connectivity index (χ0) is 21.6. The summed E-state index contributed by atoms with van der Waals surface area (Å²) < 4.78 is 13.7. The van der Waals surface area contributed by atoms with Crippen LogP contribution in [0.3, 0.4) is 0 Å². The molecule has 5 rings (SSSR count). The predicted octanol–water partition coefficient (Wildman–Crippen LogP) is 2.55. The van der Waals surface area contributed by atoms with Gasteiger partial charge in [-0.25, -0.2) is 15.0 Å². The topological polar surface area (TPSA) is 94.4 Å². The monoisotopic (exact) mass is 422 g/mol. The van der Waals surface area contributed by atoms with Gasteiger partial charge >= 0.3 is 0 Å². The number of aromatic nitrogens is 4. The highest BCUT2D eigenvalue weighted by molar-refractivity contribution is 5.94. The van der Waals surface area contributed by atoms with Gasteiger partial charge < -0.3 is 24.3 Å². The zero-order valence-electron chi connectivity index (χ0n) is 18.0. The third-order valence-corrected chi connectivity index (χ3v) is 5.68. The number of carbonyl (C=O) groups is 1. The Hall–Kier alpha value is -3.04. The van der Waals surface area contributed by atoms with Gasteiger partial charge in [-0.15, -0.1) is 0 Å². The average molecular weight is 422 g/mol. The molecule has 1 fully saturated rings. The van der Waals surface area contributed by atoms with Gasteiger partial charge in [-0.1, -0.05) is 12.1 Å². The number of benzene rings is 1. The summed E-state index contributed by atoms with van der Waals surface area (Å²) in [5.74, 6) is 2.07. The van der Waals surface area contributed by atoms with Crippen molar-refractivity contribution in [3.8, 4) is 11.4 Å². The molecule has 9 heteroatoms. The maximum absolute atomic E-state index is 11.7. The molecule has 0 radical (unpaired) electrons. The number of fused-ring (bicyclic) bond motifs is 3. The first kappa shape index (κ1) is 19.9. The van der Waals surface area contributed by atoms with Crippen LogP contribution in [0.4, 0.5) is 11.5 Å². The third kappa shape index (κ3) is 3.53. The smallest absolute Gasteiger partial charge is 0.221 e. The molecule has 0 atom stereocenters. The molecule has 1 aromatic carbocycles. The number of ether oxygens (including phenoxy) is 2. The highest BCUT2D eigenvalue weighted by Crippen LogP contribution is 2.36. The van der Waals surface area contributed by atoms with E-state index in [2.05, 4.69) is 14.8 Å². The predicted molar refractivity (Wildman–Crippen MR) is 117 cm³/mol. The molecule has 1 amide bonds. The van der Waals surface area contributed by atoms with Crippen molar-refractivity contribution in [2.24, 2.45) is 0 Å². The molecule has 2 aromatic heterocycles. The van der Waals surface area contributed by atoms with E-state index < -0.39 is 5.60 Å². The molecule has 9 nitrogen and oxygen atoms in total. The van der Waals surface area contributed by atoms with Crippen molar-refractivity contribution in [2.75, 3.05) is 43.1 Å². The van der Waals surface area contributed by atoms with Gasteiger partial charge in [-0.3, -0.25) is 4.79 Å². The number of anilines is 2. The van der Waals surface area contributed by atoms with Crippen molar-refractivity contribution in [3.63, 3.8) is 0 Å². The Morgan fingerprint density at radius 3 is 2.61 bits per heavy atom. The normalized spacial score (nSPS) is 18.1. The lowest BCUT2D eigenvalue weighted by atomic mass is 10.1. The molecule has 0 saturated carbocycles. The molecule has 0 aliphatic carbocycles. The molecular formula is C22H26N6O3. The van der Waals surface area contributed by atoms with Gasteiger partial charge in [0.15, 0.2) is 22.8 Å². The highest BCUT2D eigenvalue weighted by atomic mass is 16.5. The second-order valence-corrected chi connectivity index (χ2v) is 8.32. The maximum atomic E-state index is 11.7. The Balaban J connectivity index is 1.75. The van der Waals surface area contributed by atoms with Crippen LogP contribution in [0.15, 0.2) is 24.3 Å². The van der Waals surface area contributed by atoms with Crippen LogP contribution >= 0.6 is 0 Å². The molecule has 162 valence electrons. The summed E-state index contributed by atoms with van der Waals surface area (Å²) in [6.45, 7) is 9.59. The van der Waals surface area contributed by atoms with E-state index in [1.807, 2.05) is 38.1 Å². The van der Waals surface area contributed by atoms with Crippen LogP contribution < -0.4 is 10.2 Å². The molecular weight excluding hydrogens is 396 g/mol. The minimum Gasteiger partial charge on any atom is -0.378 e. The summed E-state index contributed by atoms with van der Waals surface area (Å²) in [6.07, 6.45) is 0. The fourth-order valence-corrected chi connectivity index (χ4v) is 4.21. The lowest BCUT2D eigenvalue weighted by molar-refractivity contribution is -0.114. The second-order valence-electron chi connectivity index (χ2n) is 8.32. The summed E-state index contributed by atoms with van der Waals surface area (Å²) >= 11 is 0. The number of nitrogens with one attached hydrogen (secondary N) is 1. The molecule has 2 aliphatic heterocycles. The van der Waals surface area contributed by atoms with Crippen molar-refractivity contribution in [1.82, 2.24) is 19.5 Å². The maximum Gasteiger partial charge on any atom is 0.221 e. The Morgan fingerprint density at radius 1 is 1.06 bits per heavy atom. The number of nitrogens with zero attached hydrogens (tertiary/aromatic N) is 5. The molecule has 0 unspecified atom stereocenters. The zero-order valence-corrected chi connectivity index (χ0v) is 18.0. The van der Waals surface area contributed by atoms with Gasteiger partial charge in [-0.2, -0.15) is 0 Å². The van der Waals surface area contributed by atoms with Crippen molar-refractivity contribution in [2.45, 2.75) is 32.9 Å². The first-order valence-electron chi connectivity index (χ1n) is 10.6. The lowest BCUT2D eigenvalue weighted by Crippen LogP contribution is -2.37. The van der Waals surface area contributed by atoms with Crippen molar-refractivity contribution >= 4 is 28.6 Å². The molecule has 0 spiro atoms. The Morgan fingerprint density at radius 2 is 1.84 bits per heavy atom. The molecule has 1 N–H and O–H groups in total. The first-order valence-corrected chi connectivity index (χ1v) is 10.6. The molecule has 4 heterocycles. The van der Waals surface area contributed by atoms with E-state index in [1.54, 1.807) is 0 Å². The minimum absolute atomic E-state index is 0.137. The van der Waals surface area contributed by atoms with Crippen molar-refractivity contribution in [1.29, 1.82) is 0 Å². The van der Waals surface area contributed by atoms with Crippen LogP contribution in [0.5, 0.6) is 0 Å². The van der Waals surface area contributed by atoms with Gasteiger partial charge in [-0.05, 0) is 26.0 Å². The van der Waals surface area contributed by atoms with Gasteiger partial charge in [0.2, 0.25) is 5.91 Å². The number of carbonyl (C=O) groups excluding carboxylic acids is 1. The van der Waals surface area contributed by atoms with Crippen molar-refractivity contribution in [3.05, 3.63) is 30.1 Å². The Labute approximate surface area is 180 Å². The Kier molecular flexibility index (Phi) is 4.86. The number of morpholine rings is 1. The van der Waals surface area contributed by atoms with E-state index in [9.17, 15) is 4.79 Å². The van der Waals surface area contributed by atoms with Crippen LogP contribution in [0.2, 0.25) is 0 Å². The molecule has 1 saturated heterocycles. The van der Waals surface area contributed by atoms with Crippen LogP contribution in [0, 0.1) is 0 Å². The summed E-state index contributed by atoms with van der Waals surface area (Å²) in [5.41, 5.74) is 2.52. The summed E-state index contributed by atoms with van der Waals surface area (Å²) in [6, 6.07) is 7.60. The lowest BCUT2D eigenvalue weighted by Gasteiger charge is -2.30. The molecule has 0 bridgehead atoms. The van der Waals surface area contributed by atoms with Crippen LogP contribution in [0.1, 0.15) is 26.6 Å². The van der Waals surface area contributed by atoms with E-state index in [1.165, 1.54) is 6.92 Å². The SMILES string of the molecule is CC(=O)Nc1ccccc1-c1nc(N2CCOCC2)c2nc3n(c2n1)CCOC3(C)C. The minimum atomic E-state index is -0.504. The average Bonchev–Trinajstić information content (AvgIpc) is 3.14. The summed E-state index contributed by atoms with van der Waals surface area (Å²) in [4.78, 5) is 28.8. The summed E-state index contributed by atoms with van der Waals surface area (Å²) in [7, 11) is 0. The molecule has 3 aromatic rings. The van der Waals surface area contributed by atoms with E-state index in [0.717, 1.165) is 41.5 Å². The summed E-state index contributed by atoms with van der Waals surface area (Å²) in [5, 5.41) is 2.89. The molecule has 31 heavy (non-hydrogen) atoms. The van der Waals surface area contributed by atoms with E-state index in [-0.39, 0.29) is 5.91 Å². The first-order chi connectivity index (χ1) is 14.9. The van der Waals surface area contributed by atoms with Crippen molar-refractivity contribution < 1.29 is 14.3 Å². The fourth-order valence-electron chi connectivity index (χ4n) is 4.21. The number of hydrogen-bond acceptors (Lipinski definition) is 7. The van der Waals surface area contributed by atoms with Gasteiger partial charge in [0.05, 0.1) is 25.5 Å². The van der Waals surface area contributed by atoms with Crippen LogP contribution in [-0.4, -0.2) is 58.3 Å². The van der Waals surface area contributed by atoms with E-state index in [4.69, 9.17) is 24.4 Å². The van der Waals surface area contributed by atoms with E-state index in [0.29, 0.717) is 37.9 Å². The van der Waals surface area contributed by atoms with Gasteiger partial charge in [0.1, 0.15) is 11.4 Å². The van der Waals surface area contributed by atoms with Gasteiger partial charge in [0, 0.05) is 32.1 Å². The second kappa shape index (κ2) is 7.58. The highest BCUT2D eigenvalue weighted by Gasteiger charge is 2.34. The number of hydrogen-bond donors (Lipinski definition) is 1. The van der Waals surface area contributed by atoms with E-state index >= 15 is 0 Å². The van der Waals surface area contributed by atoms with Gasteiger partial charge in [0.25, 0.3) is 0 Å². The number of imidazole rings is 1.